The zero-order valence-electron chi connectivity index (χ0n) is 10.8. The fraction of sp³-hybridized carbons (Fsp3) is 0.500. The molecule has 0 radical (unpaired) electrons. The fourth-order valence-corrected chi connectivity index (χ4v) is 1.82. The highest BCUT2D eigenvalue weighted by atomic mass is 16.5. The summed E-state index contributed by atoms with van der Waals surface area (Å²) in [5.74, 6) is 0.997. The molecule has 0 aliphatic heterocycles. The molecular weight excluding hydrogens is 228 g/mol. The first kappa shape index (κ1) is 12.9. The van der Waals surface area contributed by atoms with Gasteiger partial charge in [0.05, 0.1) is 13.2 Å². The third kappa shape index (κ3) is 4.37. The number of carbonyl (C=O) groups excluding carboxylic acids is 1. The Labute approximate surface area is 108 Å². The SMILES string of the molecule is COc1ccc(CCNC(=O)C[NH2+]C2CC2)cc1. The molecule has 0 aromatic heterocycles. The molecule has 1 aliphatic rings. The van der Waals surface area contributed by atoms with Crippen molar-refractivity contribution in [2.24, 2.45) is 0 Å². The fourth-order valence-electron chi connectivity index (χ4n) is 1.82. The van der Waals surface area contributed by atoms with E-state index in [0.29, 0.717) is 19.1 Å². The number of hydrogen-bond acceptors (Lipinski definition) is 2. The quantitative estimate of drug-likeness (QED) is 0.719. The standard InChI is InChI=1S/C14H20N2O2/c1-18-13-6-2-11(3-7-13)8-9-15-14(17)10-16-12-4-5-12/h2-3,6-7,12,16H,4-5,8-10H2,1H3,(H,15,17)/p+1. The van der Waals surface area contributed by atoms with Crippen LogP contribution in [-0.4, -0.2) is 32.1 Å². The van der Waals surface area contributed by atoms with E-state index in [1.807, 2.05) is 24.3 Å². The summed E-state index contributed by atoms with van der Waals surface area (Å²) in [7, 11) is 1.66. The molecule has 0 saturated heterocycles. The topological polar surface area (TPSA) is 54.9 Å². The first-order valence-electron chi connectivity index (χ1n) is 6.51. The van der Waals surface area contributed by atoms with Crippen molar-refractivity contribution < 1.29 is 14.8 Å². The van der Waals surface area contributed by atoms with Gasteiger partial charge in [-0.25, -0.2) is 0 Å². The van der Waals surface area contributed by atoms with Gasteiger partial charge in [0.25, 0.3) is 5.91 Å². The highest BCUT2D eigenvalue weighted by Gasteiger charge is 2.25. The Balaban J connectivity index is 1.62. The highest BCUT2D eigenvalue weighted by Crippen LogP contribution is 2.13. The van der Waals surface area contributed by atoms with Gasteiger partial charge < -0.3 is 15.4 Å². The van der Waals surface area contributed by atoms with Crippen molar-refractivity contribution in [3.8, 4) is 5.75 Å². The summed E-state index contributed by atoms with van der Waals surface area (Å²) in [6, 6.07) is 8.65. The molecule has 2 rings (SSSR count). The molecule has 1 fully saturated rings. The highest BCUT2D eigenvalue weighted by molar-refractivity contribution is 5.76. The molecule has 1 aliphatic carbocycles. The third-order valence-corrected chi connectivity index (χ3v) is 3.15. The molecule has 18 heavy (non-hydrogen) atoms. The average Bonchev–Trinajstić information content (AvgIpc) is 3.21. The van der Waals surface area contributed by atoms with Crippen molar-refractivity contribution in [2.45, 2.75) is 25.3 Å². The second-order valence-electron chi connectivity index (χ2n) is 4.73. The van der Waals surface area contributed by atoms with E-state index in [1.165, 1.54) is 18.4 Å². The Morgan fingerprint density at radius 3 is 2.72 bits per heavy atom. The van der Waals surface area contributed by atoms with Crippen molar-refractivity contribution in [1.82, 2.24) is 5.32 Å². The third-order valence-electron chi connectivity index (χ3n) is 3.15. The normalized spacial score (nSPS) is 14.3. The number of rotatable bonds is 7. The van der Waals surface area contributed by atoms with Gasteiger partial charge in [-0.3, -0.25) is 4.79 Å². The van der Waals surface area contributed by atoms with Gasteiger partial charge in [-0.1, -0.05) is 12.1 Å². The summed E-state index contributed by atoms with van der Waals surface area (Å²) in [5.41, 5.74) is 1.21. The Bertz CT molecular complexity index is 385. The Morgan fingerprint density at radius 2 is 2.11 bits per heavy atom. The zero-order valence-corrected chi connectivity index (χ0v) is 10.8. The second-order valence-corrected chi connectivity index (χ2v) is 4.73. The van der Waals surface area contributed by atoms with Crippen molar-refractivity contribution in [3.05, 3.63) is 29.8 Å². The lowest BCUT2D eigenvalue weighted by Gasteiger charge is -2.05. The van der Waals surface area contributed by atoms with E-state index in [2.05, 4.69) is 10.6 Å². The van der Waals surface area contributed by atoms with Gasteiger partial charge in [0.1, 0.15) is 5.75 Å². The van der Waals surface area contributed by atoms with Crippen molar-refractivity contribution in [2.75, 3.05) is 20.2 Å². The number of benzene rings is 1. The molecule has 4 heteroatoms. The van der Waals surface area contributed by atoms with Gasteiger partial charge in [0.15, 0.2) is 6.54 Å². The summed E-state index contributed by atoms with van der Waals surface area (Å²) >= 11 is 0. The van der Waals surface area contributed by atoms with Crippen LogP contribution in [-0.2, 0) is 11.2 Å². The largest absolute Gasteiger partial charge is 0.497 e. The molecule has 4 nitrogen and oxygen atoms in total. The number of nitrogens with one attached hydrogen (secondary N) is 1. The van der Waals surface area contributed by atoms with E-state index in [9.17, 15) is 4.79 Å². The Hall–Kier alpha value is -1.55. The number of methoxy groups -OCH3 is 1. The second kappa shape index (κ2) is 6.40. The van der Waals surface area contributed by atoms with E-state index >= 15 is 0 Å². The zero-order chi connectivity index (χ0) is 12.8. The molecule has 1 aromatic carbocycles. The van der Waals surface area contributed by atoms with Crippen LogP contribution in [0.4, 0.5) is 0 Å². The number of ether oxygens (including phenoxy) is 1. The summed E-state index contributed by atoms with van der Waals surface area (Å²) in [4.78, 5) is 11.5. The minimum Gasteiger partial charge on any atom is -0.497 e. The Kier molecular flexibility index (Phi) is 4.59. The molecular formula is C14H21N2O2+. The molecule has 3 N–H and O–H groups in total. The lowest BCUT2D eigenvalue weighted by molar-refractivity contribution is -0.657. The molecule has 0 atom stereocenters. The van der Waals surface area contributed by atoms with Crippen molar-refractivity contribution >= 4 is 5.91 Å². The molecule has 1 amide bonds. The van der Waals surface area contributed by atoms with Gasteiger partial charge in [-0.15, -0.1) is 0 Å². The molecule has 0 bridgehead atoms. The van der Waals surface area contributed by atoms with Crippen LogP contribution < -0.4 is 15.4 Å². The summed E-state index contributed by atoms with van der Waals surface area (Å²) in [6.45, 7) is 1.26. The van der Waals surface area contributed by atoms with Crippen LogP contribution in [0, 0.1) is 0 Å². The summed E-state index contributed by atoms with van der Waals surface area (Å²) in [5, 5.41) is 5.07. The monoisotopic (exact) mass is 249 g/mol. The van der Waals surface area contributed by atoms with Crippen LogP contribution in [0.5, 0.6) is 5.75 Å². The number of quaternary nitrogens is 1. The maximum absolute atomic E-state index is 11.5. The van der Waals surface area contributed by atoms with E-state index in [0.717, 1.165) is 12.2 Å². The number of hydrogen-bond donors (Lipinski definition) is 2. The van der Waals surface area contributed by atoms with E-state index in [1.54, 1.807) is 7.11 Å². The molecule has 98 valence electrons. The van der Waals surface area contributed by atoms with Gasteiger partial charge >= 0.3 is 0 Å². The summed E-state index contributed by atoms with van der Waals surface area (Å²) in [6.07, 6.45) is 3.39. The maximum atomic E-state index is 11.5. The van der Waals surface area contributed by atoms with E-state index < -0.39 is 0 Å². The predicted octanol–water partition coefficient (Wildman–Crippen LogP) is 0.0797. The molecule has 0 spiro atoms. The predicted molar refractivity (Wildman–Crippen MR) is 69.5 cm³/mol. The minimum absolute atomic E-state index is 0.135. The van der Waals surface area contributed by atoms with Gasteiger partial charge in [-0.05, 0) is 24.1 Å². The average molecular weight is 249 g/mol. The minimum atomic E-state index is 0.135. The number of nitrogens with two attached hydrogens (primary N) is 1. The Morgan fingerprint density at radius 1 is 1.39 bits per heavy atom. The van der Waals surface area contributed by atoms with Crippen LogP contribution >= 0.6 is 0 Å². The van der Waals surface area contributed by atoms with E-state index in [-0.39, 0.29) is 5.91 Å². The van der Waals surface area contributed by atoms with Crippen molar-refractivity contribution in [3.63, 3.8) is 0 Å². The van der Waals surface area contributed by atoms with Crippen molar-refractivity contribution in [1.29, 1.82) is 0 Å². The van der Waals surface area contributed by atoms with Crippen LogP contribution in [0.1, 0.15) is 18.4 Å². The molecule has 1 saturated carbocycles. The molecule has 0 unspecified atom stereocenters. The maximum Gasteiger partial charge on any atom is 0.275 e. The molecule has 1 aromatic rings. The van der Waals surface area contributed by atoms with Crippen LogP contribution in [0.3, 0.4) is 0 Å². The van der Waals surface area contributed by atoms with Crippen LogP contribution in [0.2, 0.25) is 0 Å². The summed E-state index contributed by atoms with van der Waals surface area (Å²) < 4.78 is 5.10. The van der Waals surface area contributed by atoms with E-state index in [4.69, 9.17) is 4.74 Å². The van der Waals surface area contributed by atoms with Crippen LogP contribution in [0.25, 0.3) is 0 Å². The lowest BCUT2D eigenvalue weighted by atomic mass is 10.1. The van der Waals surface area contributed by atoms with Gasteiger partial charge in [0.2, 0.25) is 0 Å². The smallest absolute Gasteiger partial charge is 0.275 e. The lowest BCUT2D eigenvalue weighted by Crippen LogP contribution is -2.88. The first-order chi connectivity index (χ1) is 8.78. The number of amides is 1. The first-order valence-corrected chi connectivity index (χ1v) is 6.51. The van der Waals surface area contributed by atoms with Gasteiger partial charge in [-0.2, -0.15) is 0 Å². The van der Waals surface area contributed by atoms with Gasteiger partial charge in [0, 0.05) is 19.4 Å². The van der Waals surface area contributed by atoms with Crippen LogP contribution in [0.15, 0.2) is 24.3 Å². The molecule has 0 heterocycles. The number of carbonyl (C=O) groups is 1.